The third-order valence-electron chi connectivity index (χ3n) is 3.68. The summed E-state index contributed by atoms with van der Waals surface area (Å²) < 4.78 is 0. The standard InChI is InChI=1S/C16H23NO2S/c1-2-9-17-15(16(18)19)8-10-20-14-7-6-12-4-3-5-13(12)11-14/h6-7,11,15,17H,2-5,8-10H2,1H3,(H,18,19). The zero-order chi connectivity index (χ0) is 14.4. The monoisotopic (exact) mass is 293 g/mol. The zero-order valence-electron chi connectivity index (χ0n) is 12.0. The van der Waals surface area contributed by atoms with E-state index in [9.17, 15) is 4.79 Å². The summed E-state index contributed by atoms with van der Waals surface area (Å²) in [6.07, 6.45) is 5.30. The number of hydrogen-bond acceptors (Lipinski definition) is 3. The number of thioether (sulfide) groups is 1. The fraction of sp³-hybridized carbons (Fsp3) is 0.562. The minimum Gasteiger partial charge on any atom is -0.480 e. The van der Waals surface area contributed by atoms with Crippen LogP contribution in [-0.4, -0.2) is 29.4 Å². The van der Waals surface area contributed by atoms with Crippen LogP contribution in [0, 0.1) is 0 Å². The topological polar surface area (TPSA) is 49.3 Å². The Hall–Kier alpha value is -1.00. The number of rotatable bonds is 8. The highest BCUT2D eigenvalue weighted by atomic mass is 32.2. The highest BCUT2D eigenvalue weighted by Gasteiger charge is 2.16. The molecule has 1 atom stereocenters. The smallest absolute Gasteiger partial charge is 0.320 e. The van der Waals surface area contributed by atoms with Crippen LogP contribution in [0.4, 0.5) is 0 Å². The number of carbonyl (C=O) groups is 1. The van der Waals surface area contributed by atoms with Crippen LogP contribution in [0.25, 0.3) is 0 Å². The highest BCUT2D eigenvalue weighted by molar-refractivity contribution is 7.99. The minimum absolute atomic E-state index is 0.420. The molecule has 1 aliphatic carbocycles. The molecular formula is C16H23NO2S. The average molecular weight is 293 g/mol. The van der Waals surface area contributed by atoms with Crippen molar-refractivity contribution in [1.82, 2.24) is 5.32 Å². The molecule has 2 rings (SSSR count). The van der Waals surface area contributed by atoms with E-state index in [0.29, 0.717) is 6.42 Å². The first-order valence-electron chi connectivity index (χ1n) is 7.41. The van der Waals surface area contributed by atoms with Crippen LogP contribution >= 0.6 is 11.8 Å². The van der Waals surface area contributed by atoms with Gasteiger partial charge in [0.25, 0.3) is 0 Å². The van der Waals surface area contributed by atoms with Crippen molar-refractivity contribution in [2.24, 2.45) is 0 Å². The summed E-state index contributed by atoms with van der Waals surface area (Å²) >= 11 is 1.76. The van der Waals surface area contributed by atoms with Gasteiger partial charge >= 0.3 is 5.97 Å². The Kier molecular flexibility index (Phi) is 5.92. The number of benzene rings is 1. The molecule has 0 amide bonds. The molecule has 0 saturated heterocycles. The van der Waals surface area contributed by atoms with E-state index in [1.54, 1.807) is 11.8 Å². The Bertz CT molecular complexity index is 462. The van der Waals surface area contributed by atoms with Crippen LogP contribution in [0.3, 0.4) is 0 Å². The van der Waals surface area contributed by atoms with E-state index in [2.05, 4.69) is 23.5 Å². The molecular weight excluding hydrogens is 270 g/mol. The largest absolute Gasteiger partial charge is 0.480 e. The van der Waals surface area contributed by atoms with E-state index in [-0.39, 0.29) is 0 Å². The first-order chi connectivity index (χ1) is 9.70. The van der Waals surface area contributed by atoms with Crippen LogP contribution in [-0.2, 0) is 17.6 Å². The Labute approximate surface area is 125 Å². The molecule has 2 N–H and O–H groups in total. The van der Waals surface area contributed by atoms with E-state index in [0.717, 1.165) is 18.7 Å². The summed E-state index contributed by atoms with van der Waals surface area (Å²) in [7, 11) is 0. The van der Waals surface area contributed by atoms with Gasteiger partial charge in [0, 0.05) is 10.6 Å². The summed E-state index contributed by atoms with van der Waals surface area (Å²) in [4.78, 5) is 12.4. The molecule has 0 heterocycles. The van der Waals surface area contributed by atoms with E-state index < -0.39 is 12.0 Å². The lowest BCUT2D eigenvalue weighted by Crippen LogP contribution is -2.37. The Morgan fingerprint density at radius 1 is 1.40 bits per heavy atom. The molecule has 3 nitrogen and oxygen atoms in total. The molecule has 1 aliphatic rings. The molecule has 0 bridgehead atoms. The summed E-state index contributed by atoms with van der Waals surface area (Å²) in [5.41, 5.74) is 2.97. The van der Waals surface area contributed by atoms with Gasteiger partial charge in [-0.25, -0.2) is 0 Å². The van der Waals surface area contributed by atoms with Gasteiger partial charge in [0.15, 0.2) is 0 Å². The predicted molar refractivity (Wildman–Crippen MR) is 83.5 cm³/mol. The van der Waals surface area contributed by atoms with Gasteiger partial charge in [-0.15, -0.1) is 11.8 Å². The average Bonchev–Trinajstić information content (AvgIpc) is 2.89. The molecule has 0 aromatic heterocycles. The quantitative estimate of drug-likeness (QED) is 0.723. The van der Waals surface area contributed by atoms with Crippen molar-refractivity contribution < 1.29 is 9.90 Å². The van der Waals surface area contributed by atoms with E-state index in [1.165, 1.54) is 35.3 Å². The summed E-state index contributed by atoms with van der Waals surface area (Å²) in [6.45, 7) is 2.81. The van der Waals surface area contributed by atoms with Gasteiger partial charge < -0.3 is 10.4 Å². The second-order valence-corrected chi connectivity index (χ2v) is 6.43. The van der Waals surface area contributed by atoms with Crippen molar-refractivity contribution in [2.75, 3.05) is 12.3 Å². The summed E-state index contributed by atoms with van der Waals surface area (Å²) in [5, 5.41) is 12.2. The van der Waals surface area contributed by atoms with Gasteiger partial charge in [-0.05, 0) is 61.9 Å². The fourth-order valence-electron chi connectivity index (χ4n) is 2.56. The van der Waals surface area contributed by atoms with Crippen molar-refractivity contribution in [3.05, 3.63) is 29.3 Å². The van der Waals surface area contributed by atoms with E-state index in [1.807, 2.05) is 6.92 Å². The lowest BCUT2D eigenvalue weighted by molar-refractivity contribution is -0.139. The summed E-state index contributed by atoms with van der Waals surface area (Å²) in [5.74, 6) is 0.0972. The van der Waals surface area contributed by atoms with Crippen molar-refractivity contribution in [1.29, 1.82) is 0 Å². The third-order valence-corrected chi connectivity index (χ3v) is 4.71. The number of nitrogens with one attached hydrogen (secondary N) is 1. The van der Waals surface area contributed by atoms with Crippen molar-refractivity contribution in [3.8, 4) is 0 Å². The predicted octanol–water partition coefficient (Wildman–Crippen LogP) is 3.11. The lowest BCUT2D eigenvalue weighted by Gasteiger charge is -2.13. The molecule has 20 heavy (non-hydrogen) atoms. The normalized spacial score (nSPS) is 15.1. The first-order valence-corrected chi connectivity index (χ1v) is 8.40. The second-order valence-electron chi connectivity index (χ2n) is 5.27. The Morgan fingerprint density at radius 3 is 2.95 bits per heavy atom. The SMILES string of the molecule is CCCNC(CCSc1ccc2c(c1)CCC2)C(=O)O. The molecule has 0 fully saturated rings. The third kappa shape index (κ3) is 4.25. The minimum atomic E-state index is -0.743. The molecule has 1 unspecified atom stereocenters. The molecule has 1 aromatic rings. The van der Waals surface area contributed by atoms with Crippen LogP contribution in [0.15, 0.2) is 23.1 Å². The van der Waals surface area contributed by atoms with Gasteiger partial charge in [-0.2, -0.15) is 0 Å². The van der Waals surface area contributed by atoms with E-state index >= 15 is 0 Å². The number of aryl methyl sites for hydroxylation is 2. The van der Waals surface area contributed by atoms with Gasteiger partial charge in [0.05, 0.1) is 0 Å². The van der Waals surface area contributed by atoms with Gasteiger partial charge in [0.1, 0.15) is 6.04 Å². The number of aliphatic carboxylic acids is 1. The van der Waals surface area contributed by atoms with Crippen LogP contribution in [0.2, 0.25) is 0 Å². The van der Waals surface area contributed by atoms with Crippen LogP contribution < -0.4 is 5.32 Å². The lowest BCUT2D eigenvalue weighted by atomic mass is 10.1. The van der Waals surface area contributed by atoms with Crippen molar-refractivity contribution >= 4 is 17.7 Å². The molecule has 0 aliphatic heterocycles. The van der Waals surface area contributed by atoms with E-state index in [4.69, 9.17) is 5.11 Å². The van der Waals surface area contributed by atoms with Crippen LogP contribution in [0.1, 0.15) is 37.3 Å². The maximum atomic E-state index is 11.1. The molecule has 0 spiro atoms. The Balaban J connectivity index is 1.81. The molecule has 4 heteroatoms. The highest BCUT2D eigenvalue weighted by Crippen LogP contribution is 2.28. The van der Waals surface area contributed by atoms with Crippen molar-refractivity contribution in [2.45, 2.75) is 50.0 Å². The molecule has 0 radical (unpaired) electrons. The number of fused-ring (bicyclic) bond motifs is 1. The second kappa shape index (κ2) is 7.70. The number of hydrogen-bond donors (Lipinski definition) is 2. The molecule has 0 saturated carbocycles. The Morgan fingerprint density at radius 2 is 2.20 bits per heavy atom. The molecule has 1 aromatic carbocycles. The number of carboxylic acid groups (broad SMARTS) is 1. The number of carboxylic acids is 1. The van der Waals surface area contributed by atoms with Crippen molar-refractivity contribution in [3.63, 3.8) is 0 Å². The maximum absolute atomic E-state index is 11.1. The summed E-state index contributed by atoms with van der Waals surface area (Å²) in [6, 6.07) is 6.26. The van der Waals surface area contributed by atoms with Crippen LogP contribution in [0.5, 0.6) is 0 Å². The van der Waals surface area contributed by atoms with Gasteiger partial charge in [0.2, 0.25) is 0 Å². The molecule has 110 valence electrons. The van der Waals surface area contributed by atoms with Gasteiger partial charge in [-0.1, -0.05) is 13.0 Å². The zero-order valence-corrected chi connectivity index (χ0v) is 12.8. The van der Waals surface area contributed by atoms with Gasteiger partial charge in [-0.3, -0.25) is 4.79 Å². The first kappa shape index (κ1) is 15.4. The fourth-order valence-corrected chi connectivity index (χ4v) is 3.54. The maximum Gasteiger partial charge on any atom is 0.320 e.